The van der Waals surface area contributed by atoms with Gasteiger partial charge in [0.1, 0.15) is 0 Å². The van der Waals surface area contributed by atoms with Gasteiger partial charge in [-0.3, -0.25) is 9.48 Å². The van der Waals surface area contributed by atoms with Crippen LogP contribution < -0.4 is 5.32 Å². The Morgan fingerprint density at radius 3 is 2.80 bits per heavy atom. The number of rotatable bonds is 5. The highest BCUT2D eigenvalue weighted by molar-refractivity contribution is 5.94. The molecule has 0 saturated heterocycles. The molecule has 0 bridgehead atoms. The summed E-state index contributed by atoms with van der Waals surface area (Å²) < 4.78 is 1.92. The van der Waals surface area contributed by atoms with Crippen LogP contribution in [0.2, 0.25) is 0 Å². The molecule has 20 heavy (non-hydrogen) atoms. The number of aromatic nitrogens is 2. The lowest BCUT2D eigenvalue weighted by atomic mass is 10.1. The van der Waals surface area contributed by atoms with Crippen molar-refractivity contribution in [3.63, 3.8) is 0 Å². The van der Waals surface area contributed by atoms with Crippen molar-refractivity contribution in [1.82, 2.24) is 15.1 Å². The third-order valence-corrected chi connectivity index (χ3v) is 3.02. The van der Waals surface area contributed by atoms with Crippen molar-refractivity contribution in [1.29, 1.82) is 0 Å². The number of aliphatic hydroxyl groups excluding tert-OH is 1. The predicted molar refractivity (Wildman–Crippen MR) is 76.7 cm³/mol. The molecule has 2 rings (SSSR count). The maximum absolute atomic E-state index is 11.8. The maximum Gasteiger partial charge on any atom is 0.251 e. The minimum absolute atomic E-state index is 0.0583. The largest absolute Gasteiger partial charge is 0.395 e. The van der Waals surface area contributed by atoms with Gasteiger partial charge >= 0.3 is 0 Å². The minimum atomic E-state index is -0.172. The molecule has 0 atom stereocenters. The van der Waals surface area contributed by atoms with Crippen molar-refractivity contribution in [2.24, 2.45) is 0 Å². The topological polar surface area (TPSA) is 67.2 Å². The van der Waals surface area contributed by atoms with Crippen molar-refractivity contribution >= 4 is 5.91 Å². The second kappa shape index (κ2) is 6.34. The number of benzene rings is 1. The lowest BCUT2D eigenvalue weighted by Crippen LogP contribution is -2.26. The predicted octanol–water partition coefficient (Wildman–Crippen LogP) is 1.27. The van der Waals surface area contributed by atoms with Gasteiger partial charge in [0, 0.05) is 17.8 Å². The number of nitrogens with zero attached hydrogens (tertiary/aromatic N) is 2. The molecular weight excluding hydrogens is 254 g/mol. The van der Waals surface area contributed by atoms with Crippen LogP contribution in [0.3, 0.4) is 0 Å². The maximum atomic E-state index is 11.8. The van der Waals surface area contributed by atoms with E-state index in [-0.39, 0.29) is 19.1 Å². The smallest absolute Gasteiger partial charge is 0.251 e. The summed E-state index contributed by atoms with van der Waals surface area (Å²) in [5, 5.41) is 15.8. The Labute approximate surface area is 118 Å². The normalized spacial score (nSPS) is 10.6. The first-order chi connectivity index (χ1) is 9.60. The fourth-order valence-electron chi connectivity index (χ4n) is 2.09. The fourth-order valence-corrected chi connectivity index (χ4v) is 2.09. The summed E-state index contributed by atoms with van der Waals surface area (Å²) in [4.78, 5) is 11.8. The minimum Gasteiger partial charge on any atom is -0.395 e. The summed E-state index contributed by atoms with van der Waals surface area (Å²) in [6.07, 6.45) is 0. The Kier molecular flexibility index (Phi) is 4.53. The van der Waals surface area contributed by atoms with E-state index in [1.54, 1.807) is 6.07 Å². The van der Waals surface area contributed by atoms with Gasteiger partial charge in [-0.15, -0.1) is 0 Å². The Bertz CT molecular complexity index is 605. The summed E-state index contributed by atoms with van der Waals surface area (Å²) in [6, 6.07) is 9.46. The van der Waals surface area contributed by atoms with E-state index in [9.17, 15) is 4.79 Å². The van der Waals surface area contributed by atoms with E-state index >= 15 is 0 Å². The van der Waals surface area contributed by atoms with E-state index in [1.807, 2.05) is 42.8 Å². The molecule has 1 aromatic heterocycles. The van der Waals surface area contributed by atoms with Gasteiger partial charge in [0.2, 0.25) is 0 Å². The highest BCUT2D eigenvalue weighted by Crippen LogP contribution is 2.10. The van der Waals surface area contributed by atoms with E-state index in [0.29, 0.717) is 12.1 Å². The molecular formula is C15H19N3O2. The van der Waals surface area contributed by atoms with Gasteiger partial charge in [0.15, 0.2) is 0 Å². The number of hydrogen-bond donors (Lipinski definition) is 2. The van der Waals surface area contributed by atoms with Crippen LogP contribution in [0.15, 0.2) is 30.3 Å². The lowest BCUT2D eigenvalue weighted by molar-refractivity contribution is 0.0944. The van der Waals surface area contributed by atoms with Crippen LogP contribution in [-0.2, 0) is 6.54 Å². The van der Waals surface area contributed by atoms with Crippen LogP contribution in [-0.4, -0.2) is 33.9 Å². The molecule has 106 valence electrons. The number of hydrogen-bond acceptors (Lipinski definition) is 3. The second-order valence-corrected chi connectivity index (χ2v) is 4.76. The highest BCUT2D eigenvalue weighted by atomic mass is 16.3. The molecule has 2 aromatic rings. The van der Waals surface area contributed by atoms with Crippen molar-refractivity contribution in [3.8, 4) is 0 Å². The second-order valence-electron chi connectivity index (χ2n) is 4.76. The third kappa shape index (κ3) is 3.45. The van der Waals surface area contributed by atoms with E-state index in [4.69, 9.17) is 5.11 Å². The molecule has 5 nitrogen and oxygen atoms in total. The molecule has 0 spiro atoms. The molecule has 0 fully saturated rings. The number of carbonyl (C=O) groups is 1. The molecule has 2 N–H and O–H groups in total. The summed E-state index contributed by atoms with van der Waals surface area (Å²) in [7, 11) is 0. The number of nitrogens with one attached hydrogen (secondary N) is 1. The van der Waals surface area contributed by atoms with Crippen LogP contribution in [0.1, 0.15) is 27.3 Å². The highest BCUT2D eigenvalue weighted by Gasteiger charge is 2.07. The van der Waals surface area contributed by atoms with Gasteiger partial charge in [-0.2, -0.15) is 5.10 Å². The Hall–Kier alpha value is -2.14. The molecule has 0 aliphatic heterocycles. The van der Waals surface area contributed by atoms with E-state index in [2.05, 4.69) is 10.4 Å². The van der Waals surface area contributed by atoms with E-state index < -0.39 is 0 Å². The molecule has 0 saturated carbocycles. The molecule has 0 aliphatic rings. The molecule has 0 aliphatic carbocycles. The Balaban J connectivity index is 2.13. The van der Waals surface area contributed by atoms with Gasteiger partial charge < -0.3 is 10.4 Å². The Morgan fingerprint density at radius 2 is 2.15 bits per heavy atom. The van der Waals surface area contributed by atoms with Crippen LogP contribution in [0.25, 0.3) is 0 Å². The molecule has 1 amide bonds. The van der Waals surface area contributed by atoms with Crippen molar-refractivity contribution in [2.75, 3.05) is 13.2 Å². The lowest BCUT2D eigenvalue weighted by Gasteiger charge is -2.07. The molecule has 1 aromatic carbocycles. The van der Waals surface area contributed by atoms with Crippen LogP contribution in [0.4, 0.5) is 0 Å². The number of amides is 1. The van der Waals surface area contributed by atoms with Gasteiger partial charge in [-0.25, -0.2) is 0 Å². The summed E-state index contributed by atoms with van der Waals surface area (Å²) in [5.41, 5.74) is 3.70. The van der Waals surface area contributed by atoms with Crippen LogP contribution in [0, 0.1) is 13.8 Å². The van der Waals surface area contributed by atoms with Gasteiger partial charge in [0.05, 0.1) is 18.8 Å². The molecule has 0 radical (unpaired) electrons. The summed E-state index contributed by atoms with van der Waals surface area (Å²) >= 11 is 0. The van der Waals surface area contributed by atoms with Crippen molar-refractivity contribution in [2.45, 2.75) is 20.4 Å². The van der Waals surface area contributed by atoms with Crippen LogP contribution in [0.5, 0.6) is 0 Å². The monoisotopic (exact) mass is 273 g/mol. The van der Waals surface area contributed by atoms with Gasteiger partial charge in [0.25, 0.3) is 5.91 Å². The van der Waals surface area contributed by atoms with E-state index in [0.717, 1.165) is 17.0 Å². The van der Waals surface area contributed by atoms with E-state index in [1.165, 1.54) is 0 Å². The number of aliphatic hydroxyl groups is 1. The standard InChI is InChI=1S/C15H19N3O2/c1-11-8-12(2)18(17-11)10-13-4-3-5-14(9-13)15(20)16-6-7-19/h3-5,8-9,19H,6-7,10H2,1-2H3,(H,16,20). The SMILES string of the molecule is Cc1cc(C)n(Cc2cccc(C(=O)NCCO)c2)n1. The first-order valence-corrected chi connectivity index (χ1v) is 6.59. The zero-order chi connectivity index (χ0) is 14.5. The van der Waals surface area contributed by atoms with Crippen molar-refractivity contribution in [3.05, 3.63) is 52.8 Å². The van der Waals surface area contributed by atoms with Gasteiger partial charge in [-0.1, -0.05) is 12.1 Å². The molecule has 0 unspecified atom stereocenters. The Morgan fingerprint density at radius 1 is 1.35 bits per heavy atom. The van der Waals surface area contributed by atoms with Crippen LogP contribution >= 0.6 is 0 Å². The zero-order valence-corrected chi connectivity index (χ0v) is 11.8. The quantitative estimate of drug-likeness (QED) is 0.862. The summed E-state index contributed by atoms with van der Waals surface area (Å²) in [6.45, 7) is 4.82. The number of aryl methyl sites for hydroxylation is 2. The fraction of sp³-hybridized carbons (Fsp3) is 0.333. The zero-order valence-electron chi connectivity index (χ0n) is 11.8. The van der Waals surface area contributed by atoms with Gasteiger partial charge in [-0.05, 0) is 37.6 Å². The third-order valence-electron chi connectivity index (χ3n) is 3.02. The first-order valence-electron chi connectivity index (χ1n) is 6.59. The molecule has 5 heteroatoms. The first kappa shape index (κ1) is 14.3. The molecule has 1 heterocycles. The average Bonchev–Trinajstić information content (AvgIpc) is 2.74. The summed E-state index contributed by atoms with van der Waals surface area (Å²) in [5.74, 6) is -0.172. The van der Waals surface area contributed by atoms with Crippen molar-refractivity contribution < 1.29 is 9.90 Å². The number of carbonyl (C=O) groups excluding carboxylic acids is 1. The average molecular weight is 273 g/mol.